The maximum atomic E-state index is 8.98. The van der Waals surface area contributed by atoms with Crippen molar-refractivity contribution in [3.05, 3.63) is 48.6 Å². The highest BCUT2D eigenvalue weighted by Crippen LogP contribution is 2.09. The molecule has 0 saturated heterocycles. The first-order valence-corrected chi connectivity index (χ1v) is 6.47. The standard InChI is InChI=1S/C15H20BNO2/c1-3-4-5-6-7-13(2)12-17-15-10-8-14(9-11-15)16(18)19/h4-13,18-19H,3H2,1-2H3/b5-4-,7-6-,17-12?. The average Bonchev–Trinajstić information content (AvgIpc) is 2.42. The van der Waals surface area contributed by atoms with E-state index in [1.54, 1.807) is 24.3 Å². The summed E-state index contributed by atoms with van der Waals surface area (Å²) in [5.41, 5.74) is 1.27. The van der Waals surface area contributed by atoms with Crippen LogP contribution in [-0.2, 0) is 0 Å². The Balaban J connectivity index is 2.56. The van der Waals surface area contributed by atoms with Crippen LogP contribution in [0.2, 0.25) is 0 Å². The zero-order valence-electron chi connectivity index (χ0n) is 11.4. The van der Waals surface area contributed by atoms with Crippen LogP contribution in [0.5, 0.6) is 0 Å². The number of hydrogen-bond acceptors (Lipinski definition) is 3. The van der Waals surface area contributed by atoms with Gasteiger partial charge >= 0.3 is 7.12 Å². The van der Waals surface area contributed by atoms with Crippen LogP contribution in [-0.4, -0.2) is 23.4 Å². The van der Waals surface area contributed by atoms with Gasteiger partial charge in [-0.3, -0.25) is 4.99 Å². The van der Waals surface area contributed by atoms with Gasteiger partial charge < -0.3 is 10.0 Å². The summed E-state index contributed by atoms with van der Waals surface area (Å²) >= 11 is 0. The molecule has 2 N–H and O–H groups in total. The van der Waals surface area contributed by atoms with Gasteiger partial charge in [-0.25, -0.2) is 0 Å². The third kappa shape index (κ3) is 6.18. The van der Waals surface area contributed by atoms with Gasteiger partial charge in [0.15, 0.2) is 0 Å². The predicted octanol–water partition coefficient (Wildman–Crippen LogP) is 2.23. The fourth-order valence-corrected chi connectivity index (χ4v) is 1.44. The Morgan fingerprint density at radius 2 is 1.89 bits per heavy atom. The van der Waals surface area contributed by atoms with Crippen molar-refractivity contribution >= 4 is 24.5 Å². The fraction of sp³-hybridized carbons (Fsp3) is 0.267. The number of allylic oxidation sites excluding steroid dienone is 4. The highest BCUT2D eigenvalue weighted by molar-refractivity contribution is 6.58. The van der Waals surface area contributed by atoms with E-state index in [9.17, 15) is 0 Å². The Bertz CT molecular complexity index is 450. The van der Waals surface area contributed by atoms with Gasteiger partial charge in [0.25, 0.3) is 0 Å². The number of rotatable bonds is 6. The molecule has 1 atom stereocenters. The Morgan fingerprint density at radius 3 is 2.47 bits per heavy atom. The lowest BCUT2D eigenvalue weighted by Gasteiger charge is -2.00. The Hall–Kier alpha value is -1.65. The molecule has 0 aliphatic carbocycles. The molecule has 0 aliphatic heterocycles. The minimum atomic E-state index is -1.43. The molecular weight excluding hydrogens is 237 g/mol. The number of benzene rings is 1. The van der Waals surface area contributed by atoms with Gasteiger partial charge in [-0.2, -0.15) is 0 Å². The highest BCUT2D eigenvalue weighted by Gasteiger charge is 2.09. The van der Waals surface area contributed by atoms with Crippen molar-refractivity contribution in [2.75, 3.05) is 0 Å². The van der Waals surface area contributed by atoms with E-state index in [1.807, 2.05) is 18.4 Å². The molecule has 0 fully saturated rings. The fourth-order valence-electron chi connectivity index (χ4n) is 1.44. The Labute approximate surface area is 115 Å². The molecule has 4 heteroatoms. The normalized spacial score (nSPS) is 13.7. The summed E-state index contributed by atoms with van der Waals surface area (Å²) in [6.07, 6.45) is 11.1. The maximum Gasteiger partial charge on any atom is 0.488 e. The quantitative estimate of drug-likeness (QED) is 0.466. The van der Waals surface area contributed by atoms with E-state index >= 15 is 0 Å². The molecule has 1 aromatic rings. The smallest absolute Gasteiger partial charge is 0.423 e. The van der Waals surface area contributed by atoms with Crippen molar-refractivity contribution in [3.63, 3.8) is 0 Å². The molecule has 0 aliphatic rings. The van der Waals surface area contributed by atoms with Crippen LogP contribution in [0.4, 0.5) is 5.69 Å². The van der Waals surface area contributed by atoms with Crippen molar-refractivity contribution in [3.8, 4) is 0 Å². The highest BCUT2D eigenvalue weighted by atomic mass is 16.4. The first-order valence-electron chi connectivity index (χ1n) is 6.47. The lowest BCUT2D eigenvalue weighted by Crippen LogP contribution is -2.29. The van der Waals surface area contributed by atoms with Gasteiger partial charge in [0.1, 0.15) is 0 Å². The van der Waals surface area contributed by atoms with E-state index in [-0.39, 0.29) is 5.92 Å². The molecule has 0 spiro atoms. The summed E-state index contributed by atoms with van der Waals surface area (Å²) in [6, 6.07) is 6.83. The topological polar surface area (TPSA) is 52.8 Å². The lowest BCUT2D eigenvalue weighted by atomic mass is 9.80. The van der Waals surface area contributed by atoms with Gasteiger partial charge in [0, 0.05) is 12.1 Å². The molecule has 1 rings (SSSR count). The first kappa shape index (κ1) is 15.4. The molecule has 0 amide bonds. The zero-order valence-corrected chi connectivity index (χ0v) is 11.4. The van der Waals surface area contributed by atoms with E-state index in [0.29, 0.717) is 5.46 Å². The Morgan fingerprint density at radius 1 is 1.21 bits per heavy atom. The van der Waals surface area contributed by atoms with Gasteiger partial charge in [-0.15, -0.1) is 0 Å². The third-order valence-electron chi connectivity index (χ3n) is 2.55. The van der Waals surface area contributed by atoms with E-state index in [1.165, 1.54) is 0 Å². The van der Waals surface area contributed by atoms with Crippen LogP contribution in [0, 0.1) is 5.92 Å². The monoisotopic (exact) mass is 257 g/mol. The van der Waals surface area contributed by atoms with Gasteiger partial charge in [-0.05, 0) is 24.0 Å². The van der Waals surface area contributed by atoms with E-state index < -0.39 is 7.12 Å². The second-order valence-electron chi connectivity index (χ2n) is 4.32. The van der Waals surface area contributed by atoms with Crippen LogP contribution in [0.15, 0.2) is 53.6 Å². The van der Waals surface area contributed by atoms with Crippen LogP contribution in [0.25, 0.3) is 0 Å². The molecule has 3 nitrogen and oxygen atoms in total. The summed E-state index contributed by atoms with van der Waals surface area (Å²) in [5, 5.41) is 18.0. The lowest BCUT2D eigenvalue weighted by molar-refractivity contribution is 0.426. The molecule has 0 heterocycles. The molecule has 19 heavy (non-hydrogen) atoms. The molecule has 0 radical (unpaired) electrons. The maximum absolute atomic E-state index is 8.98. The Kier molecular flexibility index (Phi) is 6.86. The van der Waals surface area contributed by atoms with E-state index in [0.717, 1.165) is 12.1 Å². The van der Waals surface area contributed by atoms with Crippen molar-refractivity contribution in [2.45, 2.75) is 20.3 Å². The van der Waals surface area contributed by atoms with Crippen molar-refractivity contribution in [1.29, 1.82) is 0 Å². The van der Waals surface area contributed by atoms with Crippen LogP contribution >= 0.6 is 0 Å². The van der Waals surface area contributed by atoms with Gasteiger partial charge in [0.2, 0.25) is 0 Å². The van der Waals surface area contributed by atoms with Gasteiger partial charge in [-0.1, -0.05) is 50.3 Å². The van der Waals surface area contributed by atoms with Crippen LogP contribution < -0.4 is 5.46 Å². The summed E-state index contributed by atoms with van der Waals surface area (Å²) in [7, 11) is -1.43. The van der Waals surface area contributed by atoms with Crippen molar-refractivity contribution < 1.29 is 10.0 Å². The summed E-state index contributed by atoms with van der Waals surface area (Å²) in [6.45, 7) is 4.16. The molecule has 0 bridgehead atoms. The number of hydrogen-bond donors (Lipinski definition) is 2. The predicted molar refractivity (Wildman–Crippen MR) is 82.2 cm³/mol. The van der Waals surface area contributed by atoms with Crippen LogP contribution in [0.3, 0.4) is 0 Å². The number of aliphatic imine (C=N–C) groups is 1. The summed E-state index contributed by atoms with van der Waals surface area (Å²) in [4.78, 5) is 4.34. The van der Waals surface area contributed by atoms with E-state index in [4.69, 9.17) is 10.0 Å². The summed E-state index contributed by atoms with van der Waals surface area (Å²) < 4.78 is 0. The number of nitrogens with zero attached hydrogens (tertiary/aromatic N) is 1. The molecule has 1 aromatic carbocycles. The van der Waals surface area contributed by atoms with E-state index in [2.05, 4.69) is 31.0 Å². The third-order valence-corrected chi connectivity index (χ3v) is 2.55. The van der Waals surface area contributed by atoms with Crippen molar-refractivity contribution in [2.24, 2.45) is 10.9 Å². The molecule has 100 valence electrons. The van der Waals surface area contributed by atoms with Crippen LogP contribution in [0.1, 0.15) is 20.3 Å². The second kappa shape index (κ2) is 8.46. The SMILES string of the molecule is CC/C=C\C=C/C(C)C=Nc1ccc(B(O)O)cc1. The minimum Gasteiger partial charge on any atom is -0.423 e. The minimum absolute atomic E-state index is 0.254. The van der Waals surface area contributed by atoms with Crippen molar-refractivity contribution in [1.82, 2.24) is 0 Å². The molecular formula is C15H20BNO2. The zero-order chi connectivity index (χ0) is 14.1. The second-order valence-corrected chi connectivity index (χ2v) is 4.32. The average molecular weight is 257 g/mol. The molecule has 0 aromatic heterocycles. The largest absolute Gasteiger partial charge is 0.488 e. The van der Waals surface area contributed by atoms with Gasteiger partial charge in [0.05, 0.1) is 5.69 Å². The molecule has 1 unspecified atom stereocenters. The first-order chi connectivity index (χ1) is 9.13. The molecule has 0 saturated carbocycles. The summed E-state index contributed by atoms with van der Waals surface area (Å²) in [5.74, 6) is 0.254.